The summed E-state index contributed by atoms with van der Waals surface area (Å²) in [6.45, 7) is 0. The molecule has 0 aliphatic heterocycles. The van der Waals surface area contributed by atoms with Crippen LogP contribution in [0.15, 0.2) is 57.7 Å². The molecule has 0 atom stereocenters. The lowest BCUT2D eigenvalue weighted by Gasteiger charge is -2.05. The van der Waals surface area contributed by atoms with E-state index in [0.717, 1.165) is 10.2 Å². The zero-order valence-electron chi connectivity index (χ0n) is 9.76. The van der Waals surface area contributed by atoms with Crippen LogP contribution < -0.4 is 5.32 Å². The first-order valence-corrected chi connectivity index (χ1v) is 6.42. The summed E-state index contributed by atoms with van der Waals surface area (Å²) in [6, 6.07) is 12.6. The predicted octanol–water partition coefficient (Wildman–Crippen LogP) is 3.84. The predicted molar refractivity (Wildman–Crippen MR) is 76.1 cm³/mol. The number of aromatic nitrogens is 1. The van der Waals surface area contributed by atoms with Crippen molar-refractivity contribution in [3.05, 3.63) is 58.9 Å². The van der Waals surface area contributed by atoms with Gasteiger partial charge in [0.25, 0.3) is 5.91 Å². The second kappa shape index (κ2) is 4.85. The lowest BCUT2D eigenvalue weighted by Crippen LogP contribution is -2.11. The number of oxazole rings is 1. The molecule has 0 aliphatic carbocycles. The first-order valence-electron chi connectivity index (χ1n) is 5.62. The third-order valence-corrected chi connectivity index (χ3v) is 3.17. The van der Waals surface area contributed by atoms with Gasteiger partial charge in [0.2, 0.25) is 0 Å². The fourth-order valence-electron chi connectivity index (χ4n) is 1.77. The molecule has 0 bridgehead atoms. The van der Waals surface area contributed by atoms with Crippen molar-refractivity contribution in [3.8, 4) is 0 Å². The molecule has 3 aromatic rings. The van der Waals surface area contributed by atoms with Gasteiger partial charge >= 0.3 is 0 Å². The van der Waals surface area contributed by atoms with E-state index >= 15 is 0 Å². The molecule has 1 N–H and O–H groups in total. The van der Waals surface area contributed by atoms with Crippen LogP contribution in [0.5, 0.6) is 0 Å². The van der Waals surface area contributed by atoms with Crippen molar-refractivity contribution in [2.75, 3.05) is 5.32 Å². The molecule has 0 spiro atoms. The van der Waals surface area contributed by atoms with Crippen LogP contribution in [-0.2, 0) is 0 Å². The highest BCUT2D eigenvalue weighted by atomic mass is 79.9. The van der Waals surface area contributed by atoms with Gasteiger partial charge in [0.05, 0.1) is 0 Å². The van der Waals surface area contributed by atoms with E-state index in [0.29, 0.717) is 16.7 Å². The van der Waals surface area contributed by atoms with Gasteiger partial charge in [-0.05, 0) is 36.4 Å². The number of carbonyl (C=O) groups excluding carboxylic acids is 1. The number of hydrogen-bond acceptors (Lipinski definition) is 3. The quantitative estimate of drug-likeness (QED) is 0.781. The molecular formula is C14H9BrN2O2. The summed E-state index contributed by atoms with van der Waals surface area (Å²) in [5, 5.41) is 2.83. The van der Waals surface area contributed by atoms with Gasteiger partial charge in [0.1, 0.15) is 5.52 Å². The average molecular weight is 317 g/mol. The highest BCUT2D eigenvalue weighted by Gasteiger charge is 2.08. The van der Waals surface area contributed by atoms with Gasteiger partial charge in [0.15, 0.2) is 12.0 Å². The average Bonchev–Trinajstić information content (AvgIpc) is 2.85. The Kier molecular flexibility index (Phi) is 3.05. The monoisotopic (exact) mass is 316 g/mol. The molecule has 0 saturated carbocycles. The lowest BCUT2D eigenvalue weighted by molar-refractivity contribution is 0.102. The molecule has 1 aromatic heterocycles. The Hall–Kier alpha value is -2.14. The number of carbonyl (C=O) groups is 1. The topological polar surface area (TPSA) is 55.1 Å². The fourth-order valence-corrected chi connectivity index (χ4v) is 2.17. The zero-order valence-corrected chi connectivity index (χ0v) is 11.3. The van der Waals surface area contributed by atoms with E-state index in [1.54, 1.807) is 18.2 Å². The summed E-state index contributed by atoms with van der Waals surface area (Å²) in [4.78, 5) is 16.1. The van der Waals surface area contributed by atoms with Gasteiger partial charge in [0, 0.05) is 15.7 Å². The molecule has 3 rings (SSSR count). The molecule has 19 heavy (non-hydrogen) atoms. The summed E-state index contributed by atoms with van der Waals surface area (Å²) < 4.78 is 6.05. The third kappa shape index (κ3) is 2.51. The second-order valence-electron chi connectivity index (χ2n) is 4.00. The molecule has 2 aromatic carbocycles. The van der Waals surface area contributed by atoms with Crippen LogP contribution in [0.1, 0.15) is 10.4 Å². The van der Waals surface area contributed by atoms with Crippen molar-refractivity contribution >= 4 is 38.6 Å². The maximum Gasteiger partial charge on any atom is 0.255 e. The molecule has 5 heteroatoms. The Morgan fingerprint density at radius 3 is 2.95 bits per heavy atom. The van der Waals surface area contributed by atoms with Gasteiger partial charge in [-0.2, -0.15) is 0 Å². The van der Waals surface area contributed by atoms with Gasteiger partial charge in [-0.3, -0.25) is 4.79 Å². The molecule has 0 saturated heterocycles. The summed E-state index contributed by atoms with van der Waals surface area (Å²) in [7, 11) is 0. The minimum absolute atomic E-state index is 0.178. The standard InChI is InChI=1S/C14H9BrN2O2/c15-10-2-1-3-11(7-10)17-14(18)9-4-5-13-12(6-9)16-8-19-13/h1-8H,(H,17,18). The number of rotatable bonds is 2. The number of benzene rings is 2. The van der Waals surface area contributed by atoms with Crippen molar-refractivity contribution in [1.29, 1.82) is 0 Å². The van der Waals surface area contributed by atoms with E-state index in [4.69, 9.17) is 4.42 Å². The van der Waals surface area contributed by atoms with E-state index < -0.39 is 0 Å². The molecule has 0 unspecified atom stereocenters. The minimum atomic E-state index is -0.178. The Morgan fingerprint density at radius 1 is 1.21 bits per heavy atom. The number of nitrogens with zero attached hydrogens (tertiary/aromatic N) is 1. The van der Waals surface area contributed by atoms with Crippen LogP contribution in [0.3, 0.4) is 0 Å². The van der Waals surface area contributed by atoms with Crippen molar-refractivity contribution in [2.45, 2.75) is 0 Å². The van der Waals surface area contributed by atoms with Gasteiger partial charge in [-0.1, -0.05) is 22.0 Å². The van der Waals surface area contributed by atoms with Crippen LogP contribution in [0.4, 0.5) is 5.69 Å². The SMILES string of the molecule is O=C(Nc1cccc(Br)c1)c1ccc2ocnc2c1. The van der Waals surface area contributed by atoms with Crippen molar-refractivity contribution < 1.29 is 9.21 Å². The second-order valence-corrected chi connectivity index (χ2v) is 4.92. The van der Waals surface area contributed by atoms with Gasteiger partial charge in [-0.15, -0.1) is 0 Å². The van der Waals surface area contributed by atoms with Crippen LogP contribution in [0.2, 0.25) is 0 Å². The summed E-state index contributed by atoms with van der Waals surface area (Å²) >= 11 is 3.36. The van der Waals surface area contributed by atoms with Crippen LogP contribution in [-0.4, -0.2) is 10.9 Å². The number of nitrogens with one attached hydrogen (secondary N) is 1. The smallest absolute Gasteiger partial charge is 0.255 e. The Balaban J connectivity index is 1.87. The highest BCUT2D eigenvalue weighted by molar-refractivity contribution is 9.10. The van der Waals surface area contributed by atoms with Gasteiger partial charge in [-0.25, -0.2) is 4.98 Å². The minimum Gasteiger partial charge on any atom is -0.443 e. The Bertz CT molecular complexity index is 752. The summed E-state index contributed by atoms with van der Waals surface area (Å²) in [5.74, 6) is -0.178. The number of amides is 1. The zero-order chi connectivity index (χ0) is 13.2. The molecule has 1 amide bonds. The fraction of sp³-hybridized carbons (Fsp3) is 0. The Labute approximate surface area is 117 Å². The maximum atomic E-state index is 12.1. The first kappa shape index (κ1) is 11.9. The number of hydrogen-bond donors (Lipinski definition) is 1. The molecular weight excluding hydrogens is 308 g/mol. The number of anilines is 1. The Morgan fingerprint density at radius 2 is 2.11 bits per heavy atom. The molecule has 4 nitrogen and oxygen atoms in total. The van der Waals surface area contributed by atoms with Gasteiger partial charge < -0.3 is 9.73 Å². The van der Waals surface area contributed by atoms with Crippen molar-refractivity contribution in [3.63, 3.8) is 0 Å². The first-order chi connectivity index (χ1) is 9.22. The van der Waals surface area contributed by atoms with Crippen molar-refractivity contribution in [1.82, 2.24) is 4.98 Å². The largest absolute Gasteiger partial charge is 0.443 e. The molecule has 0 radical (unpaired) electrons. The summed E-state index contributed by atoms with van der Waals surface area (Å²) in [6.07, 6.45) is 1.36. The van der Waals surface area contributed by atoms with E-state index in [-0.39, 0.29) is 5.91 Å². The molecule has 0 fully saturated rings. The van der Waals surface area contributed by atoms with E-state index in [1.165, 1.54) is 6.39 Å². The number of fused-ring (bicyclic) bond motifs is 1. The van der Waals surface area contributed by atoms with Crippen LogP contribution >= 0.6 is 15.9 Å². The molecule has 94 valence electrons. The third-order valence-electron chi connectivity index (χ3n) is 2.68. The lowest BCUT2D eigenvalue weighted by atomic mass is 10.2. The molecule has 0 aliphatic rings. The van der Waals surface area contributed by atoms with E-state index in [1.807, 2.05) is 24.3 Å². The van der Waals surface area contributed by atoms with E-state index in [2.05, 4.69) is 26.2 Å². The number of halogens is 1. The van der Waals surface area contributed by atoms with Crippen molar-refractivity contribution in [2.24, 2.45) is 0 Å². The normalized spacial score (nSPS) is 10.6. The highest BCUT2D eigenvalue weighted by Crippen LogP contribution is 2.18. The van der Waals surface area contributed by atoms with Crippen LogP contribution in [0, 0.1) is 0 Å². The van der Waals surface area contributed by atoms with E-state index in [9.17, 15) is 4.79 Å². The summed E-state index contributed by atoms with van der Waals surface area (Å²) in [5.41, 5.74) is 2.61. The van der Waals surface area contributed by atoms with Crippen LogP contribution in [0.25, 0.3) is 11.1 Å². The maximum absolute atomic E-state index is 12.1. The molecule has 1 heterocycles.